The summed E-state index contributed by atoms with van der Waals surface area (Å²) < 4.78 is 5.50. The molecule has 2 nitrogen and oxygen atoms in total. The van der Waals surface area contributed by atoms with E-state index < -0.39 is 0 Å². The third-order valence-corrected chi connectivity index (χ3v) is 2.58. The van der Waals surface area contributed by atoms with E-state index in [-0.39, 0.29) is 0 Å². The number of hydrogen-bond acceptors (Lipinski definition) is 2. The number of alkyl halides is 2. The summed E-state index contributed by atoms with van der Waals surface area (Å²) in [7, 11) is 0. The van der Waals surface area contributed by atoms with Crippen molar-refractivity contribution in [3.05, 3.63) is 17.5 Å². The second kappa shape index (κ2) is 4.06. The normalized spacial score (nSPS) is 11.5. The van der Waals surface area contributed by atoms with Gasteiger partial charge >= 0.3 is 0 Å². The Morgan fingerprint density at radius 3 is 2.36 bits per heavy atom. The third-order valence-electron chi connectivity index (χ3n) is 1.35. The molecule has 11 heavy (non-hydrogen) atoms. The minimum atomic E-state index is 0.380. The fourth-order valence-corrected chi connectivity index (χ4v) is 1.27. The summed E-state index contributed by atoms with van der Waals surface area (Å²) in [6.07, 6.45) is 0. The molecule has 0 radical (unpaired) electrons. The molecule has 0 aromatic carbocycles. The van der Waals surface area contributed by atoms with Crippen LogP contribution in [0.15, 0.2) is 10.6 Å². The lowest BCUT2D eigenvalue weighted by atomic mass is 10.1. The lowest BCUT2D eigenvalue weighted by molar-refractivity contribution is 0.387. The molecule has 0 unspecified atom stereocenters. The van der Waals surface area contributed by atoms with Crippen molar-refractivity contribution in [3.63, 3.8) is 0 Å². The maximum absolute atomic E-state index is 5.12. The van der Waals surface area contributed by atoms with Crippen molar-refractivity contribution in [2.75, 3.05) is 0 Å². The van der Waals surface area contributed by atoms with Gasteiger partial charge in [-0.1, -0.05) is 64.2 Å². The molecule has 0 aliphatic carbocycles. The van der Waals surface area contributed by atoms with Crippen molar-refractivity contribution < 1.29 is 4.52 Å². The van der Waals surface area contributed by atoms with Gasteiger partial charge in [0.25, 0.3) is 0 Å². The largest absolute Gasteiger partial charge is 0.359 e. The van der Waals surface area contributed by atoms with Crippen molar-refractivity contribution in [2.24, 2.45) is 0 Å². The van der Waals surface area contributed by atoms with Crippen molar-refractivity contribution in [1.82, 2.24) is 5.16 Å². The van der Waals surface area contributed by atoms with Gasteiger partial charge in [0.2, 0.25) is 0 Å². The topological polar surface area (TPSA) is 26.0 Å². The van der Waals surface area contributed by atoms with Gasteiger partial charge in [-0.25, -0.2) is 0 Å². The highest BCUT2D eigenvalue weighted by Crippen LogP contribution is 2.31. The van der Waals surface area contributed by atoms with Gasteiger partial charge in [-0.05, 0) is 5.92 Å². The van der Waals surface area contributed by atoms with Crippen molar-refractivity contribution in [2.45, 2.75) is 21.7 Å². The Bertz CT molecular complexity index is 210. The van der Waals surface area contributed by atoms with Crippen LogP contribution in [0.5, 0.6) is 0 Å². The fourth-order valence-electron chi connectivity index (χ4n) is 0.679. The number of hydrogen-bond donors (Lipinski definition) is 0. The van der Waals surface area contributed by atoms with Crippen LogP contribution < -0.4 is 0 Å². The van der Waals surface area contributed by atoms with Gasteiger partial charge in [0.1, 0.15) is 1.93 Å². The van der Waals surface area contributed by atoms with Gasteiger partial charge in [0, 0.05) is 6.07 Å². The number of halogens is 2. The first-order valence-electron chi connectivity index (χ1n) is 3.36. The van der Waals surface area contributed by atoms with Crippen LogP contribution in [-0.4, -0.2) is 5.16 Å². The Labute approximate surface area is 93.4 Å². The Balaban J connectivity index is 2.82. The molecule has 0 atom stereocenters. The zero-order valence-electron chi connectivity index (χ0n) is 6.34. The maximum Gasteiger partial charge on any atom is 0.159 e. The molecule has 1 aromatic rings. The molecule has 62 valence electrons. The zero-order valence-corrected chi connectivity index (χ0v) is 10.7. The van der Waals surface area contributed by atoms with Crippen LogP contribution in [0.4, 0.5) is 0 Å². The first-order valence-corrected chi connectivity index (χ1v) is 5.85. The highest BCUT2D eigenvalue weighted by Gasteiger charge is 2.11. The summed E-state index contributed by atoms with van der Waals surface area (Å²) >= 11 is 4.60. The van der Waals surface area contributed by atoms with Crippen molar-refractivity contribution in [3.8, 4) is 0 Å². The van der Waals surface area contributed by atoms with E-state index in [0.717, 1.165) is 11.5 Å². The average Bonchev–Trinajstić information content (AvgIpc) is 2.33. The summed E-state index contributed by atoms with van der Waals surface area (Å²) in [5, 5.41) is 3.95. The van der Waals surface area contributed by atoms with E-state index in [2.05, 4.69) is 64.2 Å². The average molecular weight is 377 g/mol. The SMILES string of the molecule is CC(C)c1cc(C(I)I)on1. The predicted molar refractivity (Wildman–Crippen MR) is 61.4 cm³/mol. The van der Waals surface area contributed by atoms with Crippen LogP contribution >= 0.6 is 45.2 Å². The second-order valence-electron chi connectivity index (χ2n) is 2.61. The van der Waals surface area contributed by atoms with Crippen LogP contribution in [0.1, 0.15) is 33.2 Å². The number of nitrogens with zero attached hydrogens (tertiary/aromatic N) is 1. The van der Waals surface area contributed by atoms with Crippen LogP contribution in [0.25, 0.3) is 0 Å². The lowest BCUT2D eigenvalue weighted by Gasteiger charge is -1.93. The predicted octanol–water partition coefficient (Wildman–Crippen LogP) is 3.67. The Kier molecular flexibility index (Phi) is 3.60. The quantitative estimate of drug-likeness (QED) is 0.581. The van der Waals surface area contributed by atoms with Crippen molar-refractivity contribution >= 4 is 45.2 Å². The van der Waals surface area contributed by atoms with Gasteiger partial charge in [-0.15, -0.1) is 0 Å². The maximum atomic E-state index is 5.12. The highest BCUT2D eigenvalue weighted by molar-refractivity contribution is 14.2. The van der Waals surface area contributed by atoms with E-state index in [0.29, 0.717) is 7.85 Å². The molecular weight excluding hydrogens is 368 g/mol. The molecule has 0 saturated carbocycles. The summed E-state index contributed by atoms with van der Waals surface area (Å²) in [4.78, 5) is 0. The minimum Gasteiger partial charge on any atom is -0.359 e. The van der Waals surface area contributed by atoms with Gasteiger partial charge < -0.3 is 4.52 Å². The molecule has 4 heteroatoms. The molecule has 0 N–H and O–H groups in total. The first kappa shape index (κ1) is 9.76. The van der Waals surface area contributed by atoms with Gasteiger partial charge in [0.05, 0.1) is 5.69 Å². The Morgan fingerprint density at radius 1 is 1.45 bits per heavy atom. The summed E-state index contributed by atoms with van der Waals surface area (Å²) in [5.74, 6) is 1.41. The van der Waals surface area contributed by atoms with E-state index in [9.17, 15) is 0 Å². The second-order valence-corrected chi connectivity index (χ2v) is 7.48. The summed E-state index contributed by atoms with van der Waals surface area (Å²) in [5.41, 5.74) is 1.04. The molecule has 1 aromatic heterocycles. The van der Waals surface area contributed by atoms with Gasteiger partial charge in [0.15, 0.2) is 5.76 Å². The van der Waals surface area contributed by atoms with Crippen LogP contribution in [0, 0.1) is 0 Å². The Hall–Kier alpha value is 0.670. The molecule has 0 amide bonds. The minimum absolute atomic E-state index is 0.380. The molecule has 1 rings (SSSR count). The monoisotopic (exact) mass is 377 g/mol. The molecule has 1 heterocycles. The third kappa shape index (κ3) is 2.57. The van der Waals surface area contributed by atoms with E-state index >= 15 is 0 Å². The molecular formula is C7H9I2NO. The number of rotatable bonds is 2. The molecule has 0 fully saturated rings. The summed E-state index contributed by atoms with van der Waals surface area (Å²) in [6, 6.07) is 2.02. The smallest absolute Gasteiger partial charge is 0.159 e. The highest BCUT2D eigenvalue weighted by atomic mass is 127. The standard InChI is InChI=1S/C7H9I2NO/c1-4(2)5-3-6(7(8)9)11-10-5/h3-4,7H,1-2H3. The fraction of sp³-hybridized carbons (Fsp3) is 0.571. The van der Waals surface area contributed by atoms with E-state index in [4.69, 9.17) is 4.52 Å². The van der Waals surface area contributed by atoms with Gasteiger partial charge in [-0.2, -0.15) is 0 Å². The lowest BCUT2D eigenvalue weighted by Crippen LogP contribution is -1.84. The molecule has 0 aliphatic heterocycles. The molecule has 0 saturated heterocycles. The van der Waals surface area contributed by atoms with Crippen LogP contribution in [0.3, 0.4) is 0 Å². The summed E-state index contributed by atoms with van der Waals surface area (Å²) in [6.45, 7) is 4.22. The molecule has 0 aliphatic rings. The number of aromatic nitrogens is 1. The van der Waals surface area contributed by atoms with E-state index in [1.54, 1.807) is 0 Å². The van der Waals surface area contributed by atoms with E-state index in [1.165, 1.54) is 0 Å². The van der Waals surface area contributed by atoms with Gasteiger partial charge in [-0.3, -0.25) is 0 Å². The molecule has 0 bridgehead atoms. The van der Waals surface area contributed by atoms with Crippen LogP contribution in [0.2, 0.25) is 0 Å². The zero-order chi connectivity index (χ0) is 8.43. The van der Waals surface area contributed by atoms with E-state index in [1.807, 2.05) is 6.07 Å². The van der Waals surface area contributed by atoms with Crippen molar-refractivity contribution in [1.29, 1.82) is 0 Å². The molecule has 0 spiro atoms. The Morgan fingerprint density at radius 2 is 2.09 bits per heavy atom. The van der Waals surface area contributed by atoms with Crippen LogP contribution in [-0.2, 0) is 0 Å². The first-order chi connectivity index (χ1) is 5.11.